The first kappa shape index (κ1) is 18.2. The van der Waals surface area contributed by atoms with Crippen LogP contribution in [0.25, 0.3) is 6.08 Å². The second-order valence-electron chi connectivity index (χ2n) is 6.04. The highest BCUT2D eigenvalue weighted by Crippen LogP contribution is 2.31. The van der Waals surface area contributed by atoms with Gasteiger partial charge in [0.1, 0.15) is 5.57 Å². The van der Waals surface area contributed by atoms with Crippen LogP contribution in [0.3, 0.4) is 0 Å². The molecule has 2 heterocycles. The molecule has 0 bridgehead atoms. The van der Waals surface area contributed by atoms with Crippen molar-refractivity contribution in [2.24, 2.45) is 0 Å². The number of amides is 4. The van der Waals surface area contributed by atoms with Crippen LogP contribution in [-0.4, -0.2) is 22.4 Å². The number of nitrogens with zero attached hydrogens (tertiary/aromatic N) is 2. The fourth-order valence-corrected chi connectivity index (χ4v) is 3.04. The Hall–Kier alpha value is -2.57. The van der Waals surface area contributed by atoms with E-state index in [1.54, 1.807) is 6.07 Å². The van der Waals surface area contributed by atoms with E-state index in [1.807, 2.05) is 30.8 Å². The summed E-state index contributed by atoms with van der Waals surface area (Å²) in [7, 11) is 0. The van der Waals surface area contributed by atoms with E-state index in [0.29, 0.717) is 10.6 Å². The number of imide groups is 2. The summed E-state index contributed by atoms with van der Waals surface area (Å²) in [6, 6.07) is 5.53. The maximum absolute atomic E-state index is 12.8. The number of nitrogens with one attached hydrogen (secondary N) is 1. The van der Waals surface area contributed by atoms with E-state index >= 15 is 0 Å². The normalized spacial score (nSPS) is 16.6. The van der Waals surface area contributed by atoms with Crippen LogP contribution in [0.5, 0.6) is 0 Å². The van der Waals surface area contributed by atoms with Gasteiger partial charge in [0.2, 0.25) is 0 Å². The van der Waals surface area contributed by atoms with Gasteiger partial charge in [-0.3, -0.25) is 14.9 Å². The molecule has 0 unspecified atom stereocenters. The highest BCUT2D eigenvalue weighted by molar-refractivity contribution is 6.42. The van der Waals surface area contributed by atoms with E-state index in [-0.39, 0.29) is 22.3 Å². The summed E-state index contributed by atoms with van der Waals surface area (Å²) in [6.45, 7) is 4.02. The van der Waals surface area contributed by atoms with Crippen molar-refractivity contribution >= 4 is 52.8 Å². The topological polar surface area (TPSA) is 71.4 Å². The van der Waals surface area contributed by atoms with Crippen LogP contribution in [0.1, 0.15) is 25.5 Å². The predicted octanol–water partition coefficient (Wildman–Crippen LogP) is 4.04. The van der Waals surface area contributed by atoms with E-state index in [0.717, 1.165) is 4.90 Å². The van der Waals surface area contributed by atoms with Gasteiger partial charge in [0.25, 0.3) is 11.8 Å². The molecule has 6 nitrogen and oxygen atoms in total. The molecule has 1 saturated heterocycles. The molecule has 1 aromatic carbocycles. The molecule has 4 amide bonds. The van der Waals surface area contributed by atoms with Crippen molar-refractivity contribution in [3.05, 3.63) is 57.8 Å². The first-order chi connectivity index (χ1) is 12.3. The lowest BCUT2D eigenvalue weighted by Crippen LogP contribution is -2.54. The second-order valence-corrected chi connectivity index (χ2v) is 6.88. The average Bonchev–Trinajstić information content (AvgIpc) is 3.02. The summed E-state index contributed by atoms with van der Waals surface area (Å²) in [5.74, 6) is -1.50. The van der Waals surface area contributed by atoms with Crippen molar-refractivity contribution in [1.29, 1.82) is 0 Å². The number of aromatic nitrogens is 1. The van der Waals surface area contributed by atoms with Gasteiger partial charge in [0, 0.05) is 23.5 Å². The van der Waals surface area contributed by atoms with Crippen molar-refractivity contribution in [1.82, 2.24) is 9.88 Å². The minimum Gasteiger partial charge on any atom is -0.351 e. The number of barbiturate groups is 1. The number of carbonyl (C=O) groups excluding carboxylic acids is 3. The Kier molecular flexibility index (Phi) is 4.89. The molecular formula is C18H15Cl2N3O3. The monoisotopic (exact) mass is 391 g/mol. The van der Waals surface area contributed by atoms with Crippen LogP contribution in [0.4, 0.5) is 10.5 Å². The largest absolute Gasteiger partial charge is 0.351 e. The summed E-state index contributed by atoms with van der Waals surface area (Å²) in [6.07, 6.45) is 5.11. The second kappa shape index (κ2) is 6.97. The first-order valence-electron chi connectivity index (χ1n) is 7.82. The molecule has 134 valence electrons. The van der Waals surface area contributed by atoms with Gasteiger partial charge in [0.15, 0.2) is 0 Å². The lowest BCUT2D eigenvalue weighted by Gasteiger charge is -2.27. The van der Waals surface area contributed by atoms with Crippen LogP contribution < -0.4 is 10.2 Å². The van der Waals surface area contributed by atoms with Crippen molar-refractivity contribution in [2.45, 2.75) is 19.9 Å². The third-order valence-electron chi connectivity index (χ3n) is 3.90. The smallest absolute Gasteiger partial charge is 0.335 e. The summed E-state index contributed by atoms with van der Waals surface area (Å²) >= 11 is 12.0. The van der Waals surface area contributed by atoms with Crippen LogP contribution in [-0.2, 0) is 9.59 Å². The molecule has 0 saturated carbocycles. The number of hydrogen-bond acceptors (Lipinski definition) is 3. The number of hydrogen-bond donors (Lipinski definition) is 1. The van der Waals surface area contributed by atoms with Gasteiger partial charge in [-0.1, -0.05) is 23.2 Å². The predicted molar refractivity (Wildman–Crippen MR) is 100 cm³/mol. The molecule has 8 heteroatoms. The van der Waals surface area contributed by atoms with E-state index in [2.05, 4.69) is 5.32 Å². The highest BCUT2D eigenvalue weighted by Gasteiger charge is 2.37. The third kappa shape index (κ3) is 3.38. The van der Waals surface area contributed by atoms with Crippen molar-refractivity contribution in [2.75, 3.05) is 4.90 Å². The molecule has 1 aromatic heterocycles. The molecule has 1 aliphatic heterocycles. The summed E-state index contributed by atoms with van der Waals surface area (Å²) in [5.41, 5.74) is 0.669. The zero-order chi connectivity index (χ0) is 19.0. The molecule has 3 rings (SSSR count). The Morgan fingerprint density at radius 3 is 2.46 bits per heavy atom. The summed E-state index contributed by atoms with van der Waals surface area (Å²) < 4.78 is 1.94. The van der Waals surface area contributed by atoms with Crippen LogP contribution in [0.15, 0.2) is 42.2 Å². The minimum absolute atomic E-state index is 0.126. The van der Waals surface area contributed by atoms with Crippen LogP contribution in [0, 0.1) is 0 Å². The zero-order valence-corrected chi connectivity index (χ0v) is 15.5. The number of carbonyl (C=O) groups is 3. The molecule has 1 aliphatic rings. The minimum atomic E-state index is -0.860. The first-order valence-corrected chi connectivity index (χ1v) is 8.57. The van der Waals surface area contributed by atoms with E-state index < -0.39 is 17.8 Å². The van der Waals surface area contributed by atoms with Crippen molar-refractivity contribution in [3.8, 4) is 0 Å². The van der Waals surface area contributed by atoms with E-state index in [9.17, 15) is 14.4 Å². The molecule has 0 atom stereocenters. The Morgan fingerprint density at radius 1 is 1.12 bits per heavy atom. The Bertz CT molecular complexity index is 947. The van der Waals surface area contributed by atoms with Gasteiger partial charge in [-0.25, -0.2) is 9.69 Å². The molecular weight excluding hydrogens is 377 g/mol. The molecule has 0 aliphatic carbocycles. The number of anilines is 1. The zero-order valence-electron chi connectivity index (χ0n) is 14.0. The van der Waals surface area contributed by atoms with Gasteiger partial charge in [-0.2, -0.15) is 0 Å². The van der Waals surface area contributed by atoms with Gasteiger partial charge in [-0.15, -0.1) is 0 Å². The van der Waals surface area contributed by atoms with Crippen molar-refractivity contribution in [3.63, 3.8) is 0 Å². The summed E-state index contributed by atoms with van der Waals surface area (Å²) in [4.78, 5) is 38.0. The van der Waals surface area contributed by atoms with Gasteiger partial charge < -0.3 is 4.57 Å². The molecule has 26 heavy (non-hydrogen) atoms. The SMILES string of the molecule is CC(C)n1ccc(/C=C2/C(=O)NC(=O)N(c3ccc(Cl)cc3Cl)C2=O)c1. The average molecular weight is 392 g/mol. The van der Waals surface area contributed by atoms with Gasteiger partial charge in [-0.05, 0) is 49.8 Å². The standard InChI is InChI=1S/C18H15Cl2N3O3/c1-10(2)22-6-5-11(9-22)7-13-16(24)21-18(26)23(17(13)25)15-4-3-12(19)8-14(15)20/h3-10H,1-2H3,(H,21,24,26)/b13-7-. The summed E-state index contributed by atoms with van der Waals surface area (Å²) in [5, 5.41) is 2.65. The van der Waals surface area contributed by atoms with Crippen LogP contribution >= 0.6 is 23.2 Å². The third-order valence-corrected chi connectivity index (χ3v) is 4.43. The molecule has 0 radical (unpaired) electrons. The fraction of sp³-hybridized carbons (Fsp3) is 0.167. The molecule has 1 fully saturated rings. The Morgan fingerprint density at radius 2 is 1.85 bits per heavy atom. The van der Waals surface area contributed by atoms with Gasteiger partial charge >= 0.3 is 6.03 Å². The van der Waals surface area contributed by atoms with E-state index in [1.165, 1.54) is 24.3 Å². The Labute approximate surface area is 160 Å². The van der Waals surface area contributed by atoms with Gasteiger partial charge in [0.05, 0.1) is 10.7 Å². The molecule has 1 N–H and O–H groups in total. The molecule has 2 aromatic rings. The molecule has 0 spiro atoms. The number of benzene rings is 1. The number of urea groups is 1. The number of rotatable bonds is 3. The fourth-order valence-electron chi connectivity index (χ4n) is 2.54. The highest BCUT2D eigenvalue weighted by atomic mass is 35.5. The quantitative estimate of drug-likeness (QED) is 0.633. The maximum atomic E-state index is 12.8. The Balaban J connectivity index is 2.01. The maximum Gasteiger partial charge on any atom is 0.335 e. The van der Waals surface area contributed by atoms with Crippen LogP contribution in [0.2, 0.25) is 10.0 Å². The van der Waals surface area contributed by atoms with Crippen molar-refractivity contribution < 1.29 is 14.4 Å². The van der Waals surface area contributed by atoms with E-state index in [4.69, 9.17) is 23.2 Å². The number of halogens is 2. The lowest BCUT2D eigenvalue weighted by molar-refractivity contribution is -0.122. The lowest BCUT2D eigenvalue weighted by atomic mass is 10.1.